The molecular formula is C17H20O. The van der Waals surface area contributed by atoms with Crippen LogP contribution < -0.4 is 0 Å². The van der Waals surface area contributed by atoms with E-state index in [2.05, 4.69) is 18.8 Å². The van der Waals surface area contributed by atoms with Gasteiger partial charge in [-0.2, -0.15) is 0 Å². The Morgan fingerprint density at radius 2 is 2.11 bits per heavy atom. The van der Waals surface area contributed by atoms with Crippen LogP contribution in [0.4, 0.5) is 0 Å². The molecule has 0 aromatic heterocycles. The molecule has 1 saturated carbocycles. The third-order valence-corrected chi connectivity index (χ3v) is 3.84. The van der Waals surface area contributed by atoms with E-state index in [1.165, 1.54) is 12.8 Å². The quantitative estimate of drug-likeness (QED) is 0.731. The van der Waals surface area contributed by atoms with Crippen molar-refractivity contribution in [2.24, 2.45) is 11.3 Å². The van der Waals surface area contributed by atoms with E-state index < -0.39 is 0 Å². The summed E-state index contributed by atoms with van der Waals surface area (Å²) in [4.78, 5) is 11.8. The van der Waals surface area contributed by atoms with Gasteiger partial charge in [-0.15, -0.1) is 0 Å². The van der Waals surface area contributed by atoms with E-state index in [-0.39, 0.29) is 11.2 Å². The van der Waals surface area contributed by atoms with Crippen molar-refractivity contribution in [1.29, 1.82) is 0 Å². The van der Waals surface area contributed by atoms with Gasteiger partial charge in [-0.1, -0.05) is 49.8 Å². The highest BCUT2D eigenvalue weighted by Crippen LogP contribution is 2.55. The summed E-state index contributed by atoms with van der Waals surface area (Å²) in [5.74, 6) is 7.14. The number of carbonyl (C=O) groups is 1. The standard InChI is InChI=1S/C17H20O/c1-3-4-10-16-13-17(16,14(2)18)12-11-15-8-6-5-7-9-15/h5-9,16H,3-4,10,13H2,1-2H3/t16-,17+/m1/s1. The molecule has 1 heteroatoms. The average Bonchev–Trinajstić information content (AvgIpc) is 3.10. The zero-order valence-corrected chi connectivity index (χ0v) is 11.2. The van der Waals surface area contributed by atoms with Gasteiger partial charge in [-0.05, 0) is 37.8 Å². The molecule has 0 heterocycles. The molecule has 18 heavy (non-hydrogen) atoms. The third-order valence-electron chi connectivity index (χ3n) is 3.84. The van der Waals surface area contributed by atoms with Crippen LogP contribution in [0.15, 0.2) is 30.3 Å². The maximum absolute atomic E-state index is 11.8. The summed E-state index contributed by atoms with van der Waals surface area (Å²) in [6.07, 6.45) is 4.49. The van der Waals surface area contributed by atoms with Gasteiger partial charge in [0.15, 0.2) is 0 Å². The zero-order valence-electron chi connectivity index (χ0n) is 11.2. The normalized spacial score (nSPS) is 25.1. The first kappa shape index (κ1) is 12.9. The van der Waals surface area contributed by atoms with Gasteiger partial charge in [0.05, 0.1) is 5.41 Å². The number of Topliss-reactive ketones (excluding diaryl/α,β-unsaturated/α-hetero) is 1. The Bertz CT molecular complexity index is 477. The predicted molar refractivity (Wildman–Crippen MR) is 74.1 cm³/mol. The van der Waals surface area contributed by atoms with Crippen molar-refractivity contribution in [2.75, 3.05) is 0 Å². The Kier molecular flexibility index (Phi) is 3.87. The molecule has 0 radical (unpaired) electrons. The Morgan fingerprint density at radius 3 is 2.72 bits per heavy atom. The molecule has 2 rings (SSSR count). The summed E-state index contributed by atoms with van der Waals surface area (Å²) >= 11 is 0. The van der Waals surface area contributed by atoms with Crippen molar-refractivity contribution < 1.29 is 4.79 Å². The molecule has 1 aromatic carbocycles. The zero-order chi connectivity index (χ0) is 13.0. The van der Waals surface area contributed by atoms with E-state index in [0.717, 1.165) is 18.4 Å². The van der Waals surface area contributed by atoms with Crippen molar-refractivity contribution in [3.63, 3.8) is 0 Å². The van der Waals surface area contributed by atoms with E-state index in [9.17, 15) is 4.79 Å². The first-order chi connectivity index (χ1) is 8.69. The van der Waals surface area contributed by atoms with Crippen LogP contribution in [0, 0.1) is 23.2 Å². The highest BCUT2D eigenvalue weighted by Gasteiger charge is 2.56. The SMILES string of the molecule is CCCC[C@@H]1C[C@@]1(C#Cc1ccccc1)C(C)=O. The van der Waals surface area contributed by atoms with Gasteiger partial charge in [0.2, 0.25) is 0 Å². The number of ketones is 1. The smallest absolute Gasteiger partial charge is 0.148 e. The Balaban J connectivity index is 2.10. The number of hydrogen-bond acceptors (Lipinski definition) is 1. The van der Waals surface area contributed by atoms with Crippen molar-refractivity contribution >= 4 is 5.78 Å². The molecule has 1 aromatic rings. The number of rotatable bonds is 4. The van der Waals surface area contributed by atoms with Crippen LogP contribution in [-0.4, -0.2) is 5.78 Å². The number of benzene rings is 1. The monoisotopic (exact) mass is 240 g/mol. The lowest BCUT2D eigenvalue weighted by atomic mass is 9.96. The fourth-order valence-electron chi connectivity index (χ4n) is 2.51. The largest absolute Gasteiger partial charge is 0.298 e. The van der Waals surface area contributed by atoms with Crippen molar-refractivity contribution in [1.82, 2.24) is 0 Å². The van der Waals surface area contributed by atoms with Crippen LogP contribution in [0.1, 0.15) is 45.1 Å². The maximum Gasteiger partial charge on any atom is 0.148 e. The van der Waals surface area contributed by atoms with Gasteiger partial charge in [-0.25, -0.2) is 0 Å². The molecule has 0 unspecified atom stereocenters. The fourth-order valence-corrected chi connectivity index (χ4v) is 2.51. The fraction of sp³-hybridized carbons (Fsp3) is 0.471. The lowest BCUT2D eigenvalue weighted by Gasteiger charge is -2.05. The molecule has 1 fully saturated rings. The second-order valence-corrected chi connectivity index (χ2v) is 5.19. The highest BCUT2D eigenvalue weighted by molar-refractivity contribution is 5.89. The van der Waals surface area contributed by atoms with Crippen LogP contribution in [0.3, 0.4) is 0 Å². The van der Waals surface area contributed by atoms with Crippen molar-refractivity contribution in [3.8, 4) is 11.8 Å². The van der Waals surface area contributed by atoms with Crippen LogP contribution >= 0.6 is 0 Å². The van der Waals surface area contributed by atoms with Crippen molar-refractivity contribution in [2.45, 2.75) is 39.5 Å². The number of hydrogen-bond donors (Lipinski definition) is 0. The Morgan fingerprint density at radius 1 is 1.39 bits per heavy atom. The summed E-state index contributed by atoms with van der Waals surface area (Å²) in [5, 5.41) is 0. The topological polar surface area (TPSA) is 17.1 Å². The molecule has 0 saturated heterocycles. The van der Waals surface area contributed by atoms with Gasteiger partial charge < -0.3 is 0 Å². The lowest BCUT2D eigenvalue weighted by Crippen LogP contribution is -2.12. The molecule has 0 amide bonds. The first-order valence-corrected chi connectivity index (χ1v) is 6.78. The molecule has 1 nitrogen and oxygen atoms in total. The number of unbranched alkanes of at least 4 members (excludes halogenated alkanes) is 1. The van der Waals surface area contributed by atoms with E-state index in [0.29, 0.717) is 5.92 Å². The predicted octanol–water partition coefficient (Wildman–Crippen LogP) is 3.82. The summed E-state index contributed by atoms with van der Waals surface area (Å²) in [7, 11) is 0. The highest BCUT2D eigenvalue weighted by atomic mass is 16.1. The molecule has 1 aliphatic rings. The molecule has 0 bridgehead atoms. The molecule has 0 N–H and O–H groups in total. The first-order valence-electron chi connectivity index (χ1n) is 6.78. The molecule has 0 spiro atoms. The molecule has 2 atom stereocenters. The Labute approximate surface area is 110 Å². The second-order valence-electron chi connectivity index (χ2n) is 5.19. The van der Waals surface area contributed by atoms with E-state index in [1.54, 1.807) is 6.92 Å². The van der Waals surface area contributed by atoms with Gasteiger partial charge in [0, 0.05) is 5.56 Å². The maximum atomic E-state index is 11.8. The van der Waals surface area contributed by atoms with Crippen LogP contribution in [-0.2, 0) is 4.79 Å². The minimum Gasteiger partial charge on any atom is -0.298 e. The van der Waals surface area contributed by atoms with Gasteiger partial charge in [0.25, 0.3) is 0 Å². The average molecular weight is 240 g/mol. The number of carbonyl (C=O) groups excluding carboxylic acids is 1. The summed E-state index contributed by atoms with van der Waals surface area (Å²) < 4.78 is 0. The van der Waals surface area contributed by atoms with Crippen LogP contribution in [0.25, 0.3) is 0 Å². The summed E-state index contributed by atoms with van der Waals surface area (Å²) in [6.45, 7) is 3.87. The van der Waals surface area contributed by atoms with E-state index in [4.69, 9.17) is 0 Å². The summed E-state index contributed by atoms with van der Waals surface area (Å²) in [6, 6.07) is 9.92. The van der Waals surface area contributed by atoms with E-state index in [1.807, 2.05) is 30.3 Å². The molecule has 1 aliphatic carbocycles. The third kappa shape index (κ3) is 2.64. The molecule has 0 aliphatic heterocycles. The Hall–Kier alpha value is -1.55. The van der Waals surface area contributed by atoms with Crippen LogP contribution in [0.2, 0.25) is 0 Å². The van der Waals surface area contributed by atoms with E-state index >= 15 is 0 Å². The molecule has 94 valence electrons. The summed E-state index contributed by atoms with van der Waals surface area (Å²) in [5.41, 5.74) is 0.671. The molecular weight excluding hydrogens is 220 g/mol. The minimum atomic E-state index is -0.328. The van der Waals surface area contributed by atoms with Gasteiger partial charge in [0.1, 0.15) is 5.78 Å². The minimum absolute atomic E-state index is 0.243. The lowest BCUT2D eigenvalue weighted by molar-refractivity contribution is -0.120. The van der Waals surface area contributed by atoms with Crippen LogP contribution in [0.5, 0.6) is 0 Å². The van der Waals surface area contributed by atoms with Gasteiger partial charge in [-0.3, -0.25) is 4.79 Å². The van der Waals surface area contributed by atoms with Crippen molar-refractivity contribution in [3.05, 3.63) is 35.9 Å². The van der Waals surface area contributed by atoms with Gasteiger partial charge >= 0.3 is 0 Å². The second kappa shape index (κ2) is 5.40.